The molecular weight excluding hydrogens is 496 g/mol. The van der Waals surface area contributed by atoms with E-state index in [1.165, 1.54) is 20.3 Å². The summed E-state index contributed by atoms with van der Waals surface area (Å²) in [6, 6.07) is 2.16. The van der Waals surface area contributed by atoms with Gasteiger partial charge in [-0.3, -0.25) is 4.79 Å². The Kier molecular flexibility index (Phi) is 7.63. The second kappa shape index (κ2) is 10.1. The Hall–Kier alpha value is -1.89. The van der Waals surface area contributed by atoms with E-state index in [1.807, 2.05) is 6.92 Å². The van der Waals surface area contributed by atoms with Gasteiger partial charge < -0.3 is 19.5 Å². The van der Waals surface area contributed by atoms with Crippen LogP contribution < -0.4 is 10.1 Å². The molecule has 2 saturated carbocycles. The van der Waals surface area contributed by atoms with Crippen LogP contribution in [0.3, 0.4) is 0 Å². The highest BCUT2D eigenvalue weighted by molar-refractivity contribution is 7.89. The predicted molar refractivity (Wildman–Crippen MR) is 126 cm³/mol. The van der Waals surface area contributed by atoms with Crippen LogP contribution in [0.5, 0.6) is 5.88 Å². The number of esters is 1. The fourth-order valence-electron chi connectivity index (χ4n) is 5.28. The number of methoxy groups -OCH3 is 2. The van der Waals surface area contributed by atoms with Crippen molar-refractivity contribution in [1.29, 1.82) is 0 Å². The van der Waals surface area contributed by atoms with Crippen molar-refractivity contribution in [3.8, 4) is 5.88 Å². The van der Waals surface area contributed by atoms with Crippen LogP contribution in [0.15, 0.2) is 17.0 Å². The first-order valence-corrected chi connectivity index (χ1v) is 13.7. The van der Waals surface area contributed by atoms with E-state index in [-0.39, 0.29) is 42.3 Å². The lowest BCUT2D eigenvalue weighted by Crippen LogP contribution is -2.45. The maximum absolute atomic E-state index is 13.6. The zero-order valence-electron chi connectivity index (χ0n) is 21.1. The number of aromatic nitrogens is 1. The van der Waals surface area contributed by atoms with Gasteiger partial charge in [0.1, 0.15) is 10.9 Å². The van der Waals surface area contributed by atoms with Crippen molar-refractivity contribution in [3.63, 3.8) is 0 Å². The molecule has 3 atom stereocenters. The zero-order valence-corrected chi connectivity index (χ0v) is 21.9. The van der Waals surface area contributed by atoms with E-state index in [9.17, 15) is 22.0 Å². The Balaban J connectivity index is 1.36. The highest BCUT2D eigenvalue weighted by Gasteiger charge is 2.75. The average molecular weight is 532 g/mol. The van der Waals surface area contributed by atoms with Gasteiger partial charge in [0.2, 0.25) is 15.9 Å². The number of nitrogens with one attached hydrogen (secondary N) is 1. The lowest BCUT2D eigenvalue weighted by Gasteiger charge is -2.36. The maximum atomic E-state index is 13.6. The van der Waals surface area contributed by atoms with E-state index in [2.05, 4.69) is 10.3 Å². The Bertz CT molecular complexity index is 1080. The number of carbonyl (C=O) groups excluding carboxylic acids is 1. The minimum Gasteiger partial charge on any atom is -0.474 e. The second-order valence-electron chi connectivity index (χ2n) is 10.3. The number of rotatable bonds is 11. The molecule has 2 aliphatic carbocycles. The predicted octanol–water partition coefficient (Wildman–Crippen LogP) is 2.67. The van der Waals surface area contributed by atoms with Crippen LogP contribution in [-0.2, 0) is 24.3 Å². The van der Waals surface area contributed by atoms with Gasteiger partial charge in [-0.15, -0.1) is 0 Å². The van der Waals surface area contributed by atoms with E-state index >= 15 is 0 Å². The Morgan fingerprint density at radius 1 is 1.31 bits per heavy atom. The van der Waals surface area contributed by atoms with Gasteiger partial charge in [-0.1, -0.05) is 0 Å². The molecule has 1 N–H and O–H groups in total. The Labute approximate surface area is 210 Å². The molecule has 0 radical (unpaired) electrons. The number of nitrogens with zero attached hydrogens (tertiary/aromatic N) is 2. The van der Waals surface area contributed by atoms with Crippen molar-refractivity contribution in [3.05, 3.63) is 17.8 Å². The highest BCUT2D eigenvalue weighted by atomic mass is 32.2. The summed E-state index contributed by atoms with van der Waals surface area (Å²) in [5.74, 6) is -3.15. The van der Waals surface area contributed by atoms with E-state index in [4.69, 9.17) is 14.2 Å². The van der Waals surface area contributed by atoms with Gasteiger partial charge in [0.05, 0.1) is 19.3 Å². The number of pyridine rings is 1. The molecule has 1 aromatic rings. The van der Waals surface area contributed by atoms with Crippen molar-refractivity contribution in [1.82, 2.24) is 14.6 Å². The Morgan fingerprint density at radius 2 is 2.00 bits per heavy atom. The van der Waals surface area contributed by atoms with Crippen LogP contribution in [-0.4, -0.2) is 81.2 Å². The molecule has 4 rings (SSSR count). The van der Waals surface area contributed by atoms with Gasteiger partial charge in [-0.05, 0) is 58.2 Å². The molecular formula is C24H35F2N3O6S. The number of aryl methyl sites for hydroxylation is 1. The van der Waals surface area contributed by atoms with Crippen LogP contribution in [0.4, 0.5) is 8.78 Å². The molecule has 0 unspecified atom stereocenters. The number of hydrogen-bond acceptors (Lipinski definition) is 8. The molecule has 9 nitrogen and oxygen atoms in total. The van der Waals surface area contributed by atoms with Gasteiger partial charge in [0.25, 0.3) is 5.92 Å². The zero-order chi connectivity index (χ0) is 26.3. The standard InChI is InChI=1S/C24H35F2N3O6S/c1-15-7-8-20(36(31,32)29-13-18(33-3)10-19(29)22(30)34-4)21(28-15)35-16(2)6-5-9-27-17-11-23(12-17)14-24(23,25)26/h7-8,16-19,27H,5-6,9-14H2,1-4H3/t16-,17?,18+,19+,23?/m1/s1. The lowest BCUT2D eigenvalue weighted by molar-refractivity contribution is -0.144. The van der Waals surface area contributed by atoms with Crippen LogP contribution in [0.25, 0.3) is 0 Å². The molecule has 1 saturated heterocycles. The summed E-state index contributed by atoms with van der Waals surface area (Å²) in [6.07, 6.45) is 1.84. The van der Waals surface area contributed by atoms with Gasteiger partial charge >= 0.3 is 5.97 Å². The first-order chi connectivity index (χ1) is 16.9. The topological polar surface area (TPSA) is 107 Å². The van der Waals surface area contributed by atoms with Gasteiger partial charge in [0.15, 0.2) is 0 Å². The van der Waals surface area contributed by atoms with E-state index in [0.29, 0.717) is 31.5 Å². The summed E-state index contributed by atoms with van der Waals surface area (Å²) >= 11 is 0. The van der Waals surface area contributed by atoms with Crippen molar-refractivity contribution in [2.45, 2.75) is 87.5 Å². The number of carbonyl (C=O) groups is 1. The minimum absolute atomic E-state index is 0.0154. The monoisotopic (exact) mass is 531 g/mol. The summed E-state index contributed by atoms with van der Waals surface area (Å²) in [5.41, 5.74) is -0.153. The smallest absolute Gasteiger partial charge is 0.324 e. The first-order valence-electron chi connectivity index (χ1n) is 12.3. The summed E-state index contributed by atoms with van der Waals surface area (Å²) in [7, 11) is -1.45. The molecule has 3 aliphatic rings. The van der Waals surface area contributed by atoms with Crippen molar-refractivity contribution in [2.24, 2.45) is 5.41 Å². The second-order valence-corrected chi connectivity index (χ2v) is 12.1. The number of sulfonamides is 1. The molecule has 202 valence electrons. The molecule has 1 spiro atoms. The molecule has 0 aromatic carbocycles. The van der Waals surface area contributed by atoms with Gasteiger partial charge in [-0.25, -0.2) is 22.2 Å². The molecule has 2 heterocycles. The van der Waals surface area contributed by atoms with Crippen molar-refractivity contribution in [2.75, 3.05) is 27.3 Å². The fraction of sp³-hybridized carbons (Fsp3) is 0.750. The van der Waals surface area contributed by atoms with Gasteiger partial charge in [-0.2, -0.15) is 4.31 Å². The van der Waals surface area contributed by atoms with E-state index < -0.39 is 39.5 Å². The van der Waals surface area contributed by atoms with Gasteiger partial charge in [0, 0.05) is 43.6 Å². The summed E-state index contributed by atoms with van der Waals surface area (Å²) in [6.45, 7) is 4.25. The van der Waals surface area contributed by atoms with Crippen molar-refractivity contribution >= 4 is 16.0 Å². The summed E-state index contributed by atoms with van der Waals surface area (Å²) in [5, 5.41) is 3.32. The van der Waals surface area contributed by atoms with Crippen LogP contribution in [0, 0.1) is 12.3 Å². The average Bonchev–Trinajstić information content (AvgIpc) is 3.15. The molecule has 1 aliphatic heterocycles. The third kappa shape index (κ3) is 5.23. The van der Waals surface area contributed by atoms with Crippen LogP contribution in [0.1, 0.15) is 51.1 Å². The van der Waals surface area contributed by atoms with E-state index in [1.54, 1.807) is 13.0 Å². The van der Waals surface area contributed by atoms with Crippen LogP contribution >= 0.6 is 0 Å². The molecule has 0 bridgehead atoms. The third-order valence-electron chi connectivity index (χ3n) is 7.59. The van der Waals surface area contributed by atoms with Crippen LogP contribution in [0.2, 0.25) is 0 Å². The molecule has 0 amide bonds. The minimum atomic E-state index is -4.13. The maximum Gasteiger partial charge on any atom is 0.324 e. The van der Waals surface area contributed by atoms with E-state index in [0.717, 1.165) is 10.7 Å². The summed E-state index contributed by atoms with van der Waals surface area (Å²) in [4.78, 5) is 16.5. The number of halogens is 2. The van der Waals surface area contributed by atoms with Crippen molar-refractivity contribution < 1.29 is 36.2 Å². The SMILES string of the molecule is COC(=O)[C@@H]1C[C@H](OC)CN1S(=O)(=O)c1ccc(C)nc1O[C@H](C)CCCNC1CC2(C1)CC2(F)F. The molecule has 12 heteroatoms. The first kappa shape index (κ1) is 27.2. The number of ether oxygens (including phenoxy) is 3. The quantitative estimate of drug-likeness (QED) is 0.343. The largest absolute Gasteiger partial charge is 0.474 e. The highest BCUT2D eigenvalue weighted by Crippen LogP contribution is 2.70. The Morgan fingerprint density at radius 3 is 2.61 bits per heavy atom. The molecule has 3 fully saturated rings. The normalized spacial score (nSPS) is 30.1. The number of alkyl halides is 2. The fourth-order valence-corrected chi connectivity index (χ4v) is 6.96. The third-order valence-corrected chi connectivity index (χ3v) is 9.48. The molecule has 36 heavy (non-hydrogen) atoms. The number of hydrogen-bond donors (Lipinski definition) is 1. The molecule has 1 aromatic heterocycles. The lowest BCUT2D eigenvalue weighted by atomic mass is 9.76. The summed E-state index contributed by atoms with van der Waals surface area (Å²) < 4.78 is 71.1.